The van der Waals surface area contributed by atoms with Gasteiger partial charge in [0.2, 0.25) is 5.91 Å². The Labute approximate surface area is 147 Å². The van der Waals surface area contributed by atoms with E-state index in [4.69, 9.17) is 4.74 Å². The summed E-state index contributed by atoms with van der Waals surface area (Å²) < 4.78 is 44.5. The standard InChI is InChI=1S/C18H17F3N2O3/c19-18(20,21)14-5-6-17(25)23(9-14)10-16(24)22-8-12-7-13-3-1-2-4-15(13)26-11-12/h1-6,9,12H,7-8,10-11H2,(H,22,24). The summed E-state index contributed by atoms with van der Waals surface area (Å²) in [5.41, 5.74) is -0.586. The number of rotatable bonds is 4. The summed E-state index contributed by atoms with van der Waals surface area (Å²) in [5.74, 6) is 0.364. The van der Waals surface area contributed by atoms with Crippen LogP contribution in [0.15, 0.2) is 47.4 Å². The van der Waals surface area contributed by atoms with Gasteiger partial charge in [-0.25, -0.2) is 0 Å². The lowest BCUT2D eigenvalue weighted by Gasteiger charge is -2.25. The third-order valence-corrected chi connectivity index (χ3v) is 4.17. The summed E-state index contributed by atoms with van der Waals surface area (Å²) in [5, 5.41) is 2.66. The van der Waals surface area contributed by atoms with Crippen LogP contribution in [0.3, 0.4) is 0 Å². The first-order chi connectivity index (χ1) is 12.3. The van der Waals surface area contributed by atoms with E-state index < -0.39 is 29.8 Å². The largest absolute Gasteiger partial charge is 0.493 e. The van der Waals surface area contributed by atoms with Gasteiger partial charge in [0.05, 0.1) is 12.2 Å². The van der Waals surface area contributed by atoms with E-state index in [9.17, 15) is 22.8 Å². The number of carbonyl (C=O) groups excluding carboxylic acids is 1. The lowest BCUT2D eigenvalue weighted by atomic mass is 9.97. The smallest absolute Gasteiger partial charge is 0.417 e. The van der Waals surface area contributed by atoms with Crippen LogP contribution in [-0.2, 0) is 23.9 Å². The monoisotopic (exact) mass is 366 g/mol. The maximum Gasteiger partial charge on any atom is 0.417 e. The number of hydrogen-bond donors (Lipinski definition) is 1. The number of pyridine rings is 1. The second-order valence-electron chi connectivity index (χ2n) is 6.17. The van der Waals surface area contributed by atoms with Gasteiger partial charge in [0.25, 0.3) is 5.56 Å². The topological polar surface area (TPSA) is 60.3 Å². The second-order valence-corrected chi connectivity index (χ2v) is 6.17. The van der Waals surface area contributed by atoms with Crippen LogP contribution in [-0.4, -0.2) is 23.6 Å². The molecule has 0 fully saturated rings. The molecule has 1 aliphatic heterocycles. The minimum atomic E-state index is -4.57. The molecule has 26 heavy (non-hydrogen) atoms. The van der Waals surface area contributed by atoms with Gasteiger partial charge in [-0.2, -0.15) is 13.2 Å². The highest BCUT2D eigenvalue weighted by atomic mass is 19.4. The summed E-state index contributed by atoms with van der Waals surface area (Å²) in [7, 11) is 0. The van der Waals surface area contributed by atoms with E-state index in [2.05, 4.69) is 5.32 Å². The van der Waals surface area contributed by atoms with E-state index in [1.165, 1.54) is 0 Å². The average molecular weight is 366 g/mol. The van der Waals surface area contributed by atoms with Gasteiger partial charge in [0.1, 0.15) is 12.3 Å². The van der Waals surface area contributed by atoms with E-state index in [-0.39, 0.29) is 5.92 Å². The first kappa shape index (κ1) is 18.0. The van der Waals surface area contributed by atoms with E-state index >= 15 is 0 Å². The van der Waals surface area contributed by atoms with E-state index in [1.807, 2.05) is 24.3 Å². The number of hydrogen-bond acceptors (Lipinski definition) is 3. The third kappa shape index (κ3) is 4.25. The summed E-state index contributed by atoms with van der Waals surface area (Å²) in [6.45, 7) is 0.300. The molecule has 8 heteroatoms. The molecule has 1 aromatic heterocycles. The van der Waals surface area contributed by atoms with Crippen molar-refractivity contribution in [3.63, 3.8) is 0 Å². The highest BCUT2D eigenvalue weighted by molar-refractivity contribution is 5.75. The Kier molecular flexibility index (Phi) is 5.01. The molecule has 0 saturated heterocycles. The van der Waals surface area contributed by atoms with Crippen LogP contribution in [0, 0.1) is 5.92 Å². The van der Waals surface area contributed by atoms with Gasteiger partial charge in [-0.3, -0.25) is 9.59 Å². The Bertz CT molecular complexity index is 861. The van der Waals surface area contributed by atoms with Crippen LogP contribution in [0.2, 0.25) is 0 Å². The molecule has 0 bridgehead atoms. The highest BCUT2D eigenvalue weighted by Crippen LogP contribution is 2.28. The third-order valence-electron chi connectivity index (χ3n) is 4.17. The van der Waals surface area contributed by atoms with Crippen molar-refractivity contribution in [3.8, 4) is 5.75 Å². The fraction of sp³-hybridized carbons (Fsp3) is 0.333. The molecule has 1 aliphatic rings. The van der Waals surface area contributed by atoms with Crippen molar-refractivity contribution in [1.82, 2.24) is 9.88 Å². The predicted molar refractivity (Wildman–Crippen MR) is 87.8 cm³/mol. The molecule has 2 heterocycles. The first-order valence-electron chi connectivity index (χ1n) is 8.08. The maximum absolute atomic E-state index is 12.7. The van der Waals surface area contributed by atoms with Gasteiger partial charge < -0.3 is 14.6 Å². The van der Waals surface area contributed by atoms with Crippen molar-refractivity contribution in [2.75, 3.05) is 13.2 Å². The minimum absolute atomic E-state index is 0.0621. The van der Waals surface area contributed by atoms with Crippen molar-refractivity contribution in [1.29, 1.82) is 0 Å². The SMILES string of the molecule is O=C(Cn1cc(C(F)(F)F)ccc1=O)NCC1COc2ccccc2C1. The van der Waals surface area contributed by atoms with Gasteiger partial charge >= 0.3 is 6.18 Å². The zero-order valence-corrected chi connectivity index (χ0v) is 13.8. The van der Waals surface area contributed by atoms with Crippen molar-refractivity contribution >= 4 is 5.91 Å². The lowest BCUT2D eigenvalue weighted by molar-refractivity contribution is -0.138. The second kappa shape index (κ2) is 7.23. The Morgan fingerprint density at radius 2 is 2.00 bits per heavy atom. The zero-order chi connectivity index (χ0) is 18.7. The molecule has 5 nitrogen and oxygen atoms in total. The maximum atomic E-state index is 12.7. The fourth-order valence-corrected chi connectivity index (χ4v) is 2.81. The number of alkyl halides is 3. The molecular weight excluding hydrogens is 349 g/mol. The molecule has 0 aliphatic carbocycles. The quantitative estimate of drug-likeness (QED) is 0.903. The van der Waals surface area contributed by atoms with Crippen LogP contribution < -0.4 is 15.6 Å². The van der Waals surface area contributed by atoms with Crippen molar-refractivity contribution in [3.05, 3.63) is 64.1 Å². The van der Waals surface area contributed by atoms with Crippen molar-refractivity contribution in [2.45, 2.75) is 19.1 Å². The molecule has 1 aromatic carbocycles. The normalized spacial score (nSPS) is 16.5. The number of nitrogens with zero attached hydrogens (tertiary/aromatic N) is 1. The Morgan fingerprint density at radius 3 is 2.77 bits per heavy atom. The molecule has 0 radical (unpaired) electrons. The van der Waals surface area contributed by atoms with Crippen LogP contribution in [0.5, 0.6) is 5.75 Å². The van der Waals surface area contributed by atoms with Crippen LogP contribution >= 0.6 is 0 Å². The number of amides is 1. The van der Waals surface area contributed by atoms with E-state index in [0.29, 0.717) is 25.4 Å². The minimum Gasteiger partial charge on any atom is -0.493 e. The lowest BCUT2D eigenvalue weighted by Crippen LogP contribution is -2.38. The summed E-state index contributed by atoms with van der Waals surface area (Å²) in [6.07, 6.45) is -3.18. The Balaban J connectivity index is 1.58. The molecule has 1 atom stereocenters. The van der Waals surface area contributed by atoms with Gasteiger partial charge in [0, 0.05) is 24.7 Å². The summed E-state index contributed by atoms with van der Waals surface area (Å²) >= 11 is 0. The van der Waals surface area contributed by atoms with Gasteiger partial charge in [0.15, 0.2) is 0 Å². The molecule has 138 valence electrons. The van der Waals surface area contributed by atoms with Crippen LogP contribution in [0.1, 0.15) is 11.1 Å². The fourth-order valence-electron chi connectivity index (χ4n) is 2.81. The number of fused-ring (bicyclic) bond motifs is 1. The van der Waals surface area contributed by atoms with Crippen LogP contribution in [0.25, 0.3) is 0 Å². The molecule has 1 N–H and O–H groups in total. The van der Waals surface area contributed by atoms with Crippen molar-refractivity contribution < 1.29 is 22.7 Å². The number of benzene rings is 1. The number of carbonyl (C=O) groups is 1. The highest BCUT2D eigenvalue weighted by Gasteiger charge is 2.31. The molecule has 3 rings (SSSR count). The molecule has 1 unspecified atom stereocenters. The Hall–Kier alpha value is -2.77. The molecule has 1 amide bonds. The summed E-state index contributed by atoms with van der Waals surface area (Å²) in [6, 6.07) is 9.13. The number of para-hydroxylation sites is 1. The van der Waals surface area contributed by atoms with Crippen molar-refractivity contribution in [2.24, 2.45) is 5.92 Å². The molecule has 2 aromatic rings. The molecule has 0 spiro atoms. The summed E-state index contributed by atoms with van der Waals surface area (Å²) in [4.78, 5) is 23.7. The number of aromatic nitrogens is 1. The molecular formula is C18H17F3N2O3. The van der Waals surface area contributed by atoms with E-state index in [1.54, 1.807) is 0 Å². The van der Waals surface area contributed by atoms with Crippen LogP contribution in [0.4, 0.5) is 13.2 Å². The van der Waals surface area contributed by atoms with Gasteiger partial charge in [-0.15, -0.1) is 0 Å². The van der Waals surface area contributed by atoms with E-state index in [0.717, 1.165) is 28.4 Å². The predicted octanol–water partition coefficient (Wildman–Crippen LogP) is 2.23. The Morgan fingerprint density at radius 1 is 1.23 bits per heavy atom. The number of ether oxygens (including phenoxy) is 1. The number of nitrogens with one attached hydrogen (secondary N) is 1. The zero-order valence-electron chi connectivity index (χ0n) is 13.8. The molecule has 0 saturated carbocycles. The first-order valence-corrected chi connectivity index (χ1v) is 8.08. The van der Waals surface area contributed by atoms with Gasteiger partial charge in [-0.05, 0) is 24.1 Å². The average Bonchev–Trinajstić information content (AvgIpc) is 2.60. The van der Waals surface area contributed by atoms with Gasteiger partial charge in [-0.1, -0.05) is 18.2 Å². The number of halogens is 3.